The summed E-state index contributed by atoms with van der Waals surface area (Å²) in [7, 11) is 1.58. The van der Waals surface area contributed by atoms with E-state index >= 15 is 0 Å². The summed E-state index contributed by atoms with van der Waals surface area (Å²) in [6.45, 7) is 0. The molecule has 0 aliphatic rings. The smallest absolute Gasteiger partial charge is 0.249 e. The molecule has 0 fully saturated rings. The summed E-state index contributed by atoms with van der Waals surface area (Å²) in [4.78, 5) is 4.36. The Hall–Kier alpha value is -2.57. The van der Waals surface area contributed by atoms with E-state index in [9.17, 15) is 0 Å². The summed E-state index contributed by atoms with van der Waals surface area (Å²) in [6, 6.07) is 12.6. The average Bonchev–Trinajstić information content (AvgIpc) is 2.58. The van der Waals surface area contributed by atoms with Crippen LogP contribution in [0.1, 0.15) is 0 Å². The Bertz CT molecular complexity index is 859. The van der Waals surface area contributed by atoms with Crippen molar-refractivity contribution in [3.05, 3.63) is 58.7 Å². The molecule has 0 aliphatic heterocycles. The van der Waals surface area contributed by atoms with Gasteiger partial charge in [-0.2, -0.15) is 10.1 Å². The molecule has 3 aromatic rings. The predicted octanol–water partition coefficient (Wildman–Crippen LogP) is 4.67. The van der Waals surface area contributed by atoms with E-state index in [-0.39, 0.29) is 0 Å². The maximum Gasteiger partial charge on any atom is 0.249 e. The highest BCUT2D eigenvalue weighted by Crippen LogP contribution is 2.30. The molecule has 3 rings (SSSR count). The maximum absolute atomic E-state index is 6.12. The van der Waals surface area contributed by atoms with Crippen molar-refractivity contribution in [3.8, 4) is 5.75 Å². The Morgan fingerprint density at radius 1 is 1.00 bits per heavy atom. The zero-order valence-electron chi connectivity index (χ0n) is 12.6. The molecule has 1 aromatic heterocycles. The van der Waals surface area contributed by atoms with Gasteiger partial charge in [0, 0.05) is 5.02 Å². The van der Waals surface area contributed by atoms with Gasteiger partial charge in [0.1, 0.15) is 5.75 Å². The van der Waals surface area contributed by atoms with Gasteiger partial charge in [-0.15, -0.1) is 5.10 Å². The monoisotopic (exact) mass is 361 g/mol. The van der Waals surface area contributed by atoms with E-state index in [2.05, 4.69) is 25.8 Å². The lowest BCUT2D eigenvalue weighted by atomic mass is 10.3. The third-order valence-corrected chi connectivity index (χ3v) is 3.67. The van der Waals surface area contributed by atoms with Crippen molar-refractivity contribution in [2.75, 3.05) is 17.7 Å². The van der Waals surface area contributed by atoms with Crippen LogP contribution in [-0.2, 0) is 0 Å². The normalized spacial score (nSPS) is 10.3. The first kappa shape index (κ1) is 16.3. The fraction of sp³-hybridized carbons (Fsp3) is 0.0625. The third kappa shape index (κ3) is 3.84. The number of ether oxygens (including phenoxy) is 1. The van der Waals surface area contributed by atoms with E-state index in [1.54, 1.807) is 31.4 Å². The van der Waals surface area contributed by atoms with E-state index in [0.717, 1.165) is 0 Å². The zero-order chi connectivity index (χ0) is 16.9. The summed E-state index contributed by atoms with van der Waals surface area (Å²) in [5.41, 5.74) is 1.37. The van der Waals surface area contributed by atoms with Crippen molar-refractivity contribution in [2.24, 2.45) is 0 Å². The Balaban J connectivity index is 1.84. The minimum Gasteiger partial charge on any atom is -0.495 e. The van der Waals surface area contributed by atoms with Gasteiger partial charge in [-0.05, 0) is 30.3 Å². The fourth-order valence-electron chi connectivity index (χ4n) is 2.02. The minimum absolute atomic E-state index is 0.314. The number of nitrogens with zero attached hydrogens (tertiary/aromatic N) is 3. The predicted molar refractivity (Wildman–Crippen MR) is 95.8 cm³/mol. The second-order valence-corrected chi connectivity index (χ2v) is 5.58. The summed E-state index contributed by atoms with van der Waals surface area (Å²) in [6.07, 6.45) is 1.50. The van der Waals surface area contributed by atoms with Crippen LogP contribution in [0.25, 0.3) is 0 Å². The van der Waals surface area contributed by atoms with Gasteiger partial charge >= 0.3 is 0 Å². The molecule has 1 heterocycles. The lowest BCUT2D eigenvalue weighted by molar-refractivity contribution is 0.417. The van der Waals surface area contributed by atoms with Crippen LogP contribution in [0.4, 0.5) is 23.1 Å². The van der Waals surface area contributed by atoms with Gasteiger partial charge in [0.05, 0.1) is 29.7 Å². The number of hydrogen-bond acceptors (Lipinski definition) is 6. The van der Waals surface area contributed by atoms with E-state index in [1.807, 2.05) is 18.2 Å². The second-order valence-electron chi connectivity index (χ2n) is 4.74. The lowest BCUT2D eigenvalue weighted by Gasteiger charge is -2.11. The van der Waals surface area contributed by atoms with Gasteiger partial charge < -0.3 is 15.4 Å². The highest BCUT2D eigenvalue weighted by molar-refractivity contribution is 6.33. The summed E-state index contributed by atoms with van der Waals surface area (Å²) < 4.78 is 5.30. The van der Waals surface area contributed by atoms with Crippen LogP contribution in [0.2, 0.25) is 10.0 Å². The molecule has 0 unspecified atom stereocenters. The Labute approximate surface area is 148 Å². The number of anilines is 4. The first-order valence-corrected chi connectivity index (χ1v) is 7.73. The summed E-state index contributed by atoms with van der Waals surface area (Å²) >= 11 is 12.1. The minimum atomic E-state index is 0.314. The number of nitrogens with one attached hydrogen (secondary N) is 2. The Morgan fingerprint density at radius 3 is 2.62 bits per heavy atom. The molecular weight excluding hydrogens is 349 g/mol. The molecule has 6 nitrogen and oxygen atoms in total. The van der Waals surface area contributed by atoms with Gasteiger partial charge in [0.15, 0.2) is 5.82 Å². The molecule has 0 radical (unpaired) electrons. The second kappa shape index (κ2) is 7.33. The molecular formula is C16H13Cl2N5O. The van der Waals surface area contributed by atoms with E-state index in [1.165, 1.54) is 6.20 Å². The fourth-order valence-corrected chi connectivity index (χ4v) is 2.37. The number of benzene rings is 2. The van der Waals surface area contributed by atoms with Crippen LogP contribution in [0.15, 0.2) is 48.7 Å². The lowest BCUT2D eigenvalue weighted by Crippen LogP contribution is -2.03. The van der Waals surface area contributed by atoms with Crippen molar-refractivity contribution in [3.63, 3.8) is 0 Å². The van der Waals surface area contributed by atoms with Crippen LogP contribution in [0, 0.1) is 0 Å². The molecule has 24 heavy (non-hydrogen) atoms. The number of aromatic nitrogens is 3. The number of hydrogen-bond donors (Lipinski definition) is 2. The molecule has 0 aliphatic carbocycles. The molecule has 0 amide bonds. The third-order valence-electron chi connectivity index (χ3n) is 3.10. The van der Waals surface area contributed by atoms with Crippen molar-refractivity contribution >= 4 is 46.3 Å². The van der Waals surface area contributed by atoms with Gasteiger partial charge in [0.25, 0.3) is 0 Å². The van der Waals surface area contributed by atoms with Crippen LogP contribution in [0.5, 0.6) is 5.75 Å². The van der Waals surface area contributed by atoms with E-state index < -0.39 is 0 Å². The van der Waals surface area contributed by atoms with Crippen molar-refractivity contribution in [1.82, 2.24) is 15.2 Å². The van der Waals surface area contributed by atoms with Gasteiger partial charge in [-0.1, -0.05) is 35.3 Å². The van der Waals surface area contributed by atoms with Crippen LogP contribution < -0.4 is 15.4 Å². The quantitative estimate of drug-likeness (QED) is 0.687. The molecule has 122 valence electrons. The average molecular weight is 362 g/mol. The van der Waals surface area contributed by atoms with Crippen molar-refractivity contribution in [2.45, 2.75) is 0 Å². The summed E-state index contributed by atoms with van der Waals surface area (Å²) in [5.74, 6) is 1.44. The number of para-hydroxylation sites is 1. The molecule has 0 atom stereocenters. The molecule has 2 N–H and O–H groups in total. The molecule has 8 heteroatoms. The zero-order valence-corrected chi connectivity index (χ0v) is 14.1. The molecule has 0 bridgehead atoms. The molecule has 2 aromatic carbocycles. The van der Waals surface area contributed by atoms with Crippen LogP contribution >= 0.6 is 23.2 Å². The maximum atomic E-state index is 6.12. The molecule has 0 saturated carbocycles. The first-order valence-electron chi connectivity index (χ1n) is 6.97. The topological polar surface area (TPSA) is 72.0 Å². The summed E-state index contributed by atoms with van der Waals surface area (Å²) in [5, 5.41) is 15.2. The van der Waals surface area contributed by atoms with Gasteiger partial charge in [-0.25, -0.2) is 0 Å². The van der Waals surface area contributed by atoms with Crippen LogP contribution in [0.3, 0.4) is 0 Å². The van der Waals surface area contributed by atoms with E-state index in [4.69, 9.17) is 27.9 Å². The van der Waals surface area contributed by atoms with E-state index in [0.29, 0.717) is 38.9 Å². The standard InChI is InChI=1S/C16H13Cl2N5O/c1-24-14-7-6-10(17)8-13(14)20-15-9-19-23-16(22-15)21-12-5-3-2-4-11(12)18/h2-9H,1H3,(H2,20,21,22,23). The van der Waals surface area contributed by atoms with Crippen molar-refractivity contribution in [1.29, 1.82) is 0 Å². The molecule has 0 saturated heterocycles. The van der Waals surface area contributed by atoms with Gasteiger partial charge in [0.2, 0.25) is 5.95 Å². The largest absolute Gasteiger partial charge is 0.495 e. The number of halogens is 2. The van der Waals surface area contributed by atoms with Gasteiger partial charge in [-0.3, -0.25) is 0 Å². The highest BCUT2D eigenvalue weighted by Gasteiger charge is 2.08. The SMILES string of the molecule is COc1ccc(Cl)cc1Nc1cnnc(Nc2ccccc2Cl)n1. The number of methoxy groups -OCH3 is 1. The Morgan fingerprint density at radius 2 is 1.83 bits per heavy atom. The highest BCUT2D eigenvalue weighted by atomic mass is 35.5. The van der Waals surface area contributed by atoms with Crippen LogP contribution in [-0.4, -0.2) is 22.3 Å². The first-order chi connectivity index (χ1) is 11.7. The number of rotatable bonds is 5. The Kier molecular flexibility index (Phi) is 4.98. The van der Waals surface area contributed by atoms with Crippen molar-refractivity contribution < 1.29 is 4.74 Å². The molecule has 0 spiro atoms.